The molecule has 2 heterocycles. The molecule has 0 fully saturated rings. The number of carbonyl (C=O) groups excluding carboxylic acids is 2. The molecule has 0 saturated carbocycles. The summed E-state index contributed by atoms with van der Waals surface area (Å²) in [4.78, 5) is 39.3. The summed E-state index contributed by atoms with van der Waals surface area (Å²) in [5, 5.41) is 7.40. The van der Waals surface area contributed by atoms with Crippen molar-refractivity contribution in [2.45, 2.75) is 26.3 Å². The first-order valence-corrected chi connectivity index (χ1v) is 10.7. The number of fused-ring (bicyclic) bond motifs is 2. The van der Waals surface area contributed by atoms with Crippen LogP contribution < -0.4 is 21.0 Å². The molecular weight excluding hydrogens is 422 g/mol. The summed E-state index contributed by atoms with van der Waals surface area (Å²) in [6.45, 7) is 3.63. The van der Waals surface area contributed by atoms with E-state index in [1.165, 1.54) is 6.07 Å². The van der Waals surface area contributed by atoms with Gasteiger partial charge < -0.3 is 24.8 Å². The summed E-state index contributed by atoms with van der Waals surface area (Å²) in [6.07, 6.45) is 2.62. The highest BCUT2D eigenvalue weighted by Gasteiger charge is 2.16. The molecule has 170 valence electrons. The van der Waals surface area contributed by atoms with E-state index < -0.39 is 17.6 Å². The highest BCUT2D eigenvalue weighted by Crippen LogP contribution is 2.22. The van der Waals surface area contributed by atoms with Crippen LogP contribution in [0.3, 0.4) is 0 Å². The zero-order valence-corrected chi connectivity index (χ0v) is 18.4. The van der Waals surface area contributed by atoms with E-state index in [0.717, 1.165) is 27.4 Å². The van der Waals surface area contributed by atoms with Gasteiger partial charge in [-0.05, 0) is 49.6 Å². The largest absolute Gasteiger partial charge is 0.484 e. The maximum Gasteiger partial charge on any atom is 0.336 e. The molecule has 0 spiro atoms. The van der Waals surface area contributed by atoms with E-state index in [1.807, 2.05) is 37.4 Å². The lowest BCUT2D eigenvalue weighted by Crippen LogP contribution is -2.46. The van der Waals surface area contributed by atoms with Crippen LogP contribution in [0.4, 0.5) is 0 Å². The molecule has 0 aliphatic carbocycles. The lowest BCUT2D eigenvalue weighted by Gasteiger charge is -2.14. The molecule has 1 atom stereocenters. The highest BCUT2D eigenvalue weighted by atomic mass is 16.5. The zero-order valence-electron chi connectivity index (χ0n) is 18.4. The van der Waals surface area contributed by atoms with Crippen molar-refractivity contribution >= 4 is 33.7 Å². The van der Waals surface area contributed by atoms with Gasteiger partial charge in [-0.2, -0.15) is 0 Å². The van der Waals surface area contributed by atoms with Gasteiger partial charge in [-0.3, -0.25) is 9.59 Å². The van der Waals surface area contributed by atoms with Crippen molar-refractivity contribution < 1.29 is 18.7 Å². The number of hydrogen-bond acceptors (Lipinski definition) is 5. The number of benzene rings is 2. The normalized spacial score (nSPS) is 11.9. The minimum atomic E-state index is -0.707. The van der Waals surface area contributed by atoms with Crippen LogP contribution in [0, 0.1) is 6.92 Å². The Morgan fingerprint density at radius 3 is 2.79 bits per heavy atom. The fraction of sp³-hybridized carbons (Fsp3) is 0.240. The van der Waals surface area contributed by atoms with Crippen molar-refractivity contribution in [1.29, 1.82) is 0 Å². The Hall–Kier alpha value is -4.07. The van der Waals surface area contributed by atoms with Gasteiger partial charge in [0.25, 0.3) is 5.91 Å². The number of para-hydroxylation sites is 1. The van der Waals surface area contributed by atoms with Crippen molar-refractivity contribution in [3.8, 4) is 5.75 Å². The number of nitrogens with one attached hydrogen (secondary N) is 3. The predicted molar refractivity (Wildman–Crippen MR) is 125 cm³/mol. The first kappa shape index (κ1) is 22.1. The van der Waals surface area contributed by atoms with Crippen molar-refractivity contribution in [1.82, 2.24) is 15.6 Å². The minimum Gasteiger partial charge on any atom is -0.484 e. The van der Waals surface area contributed by atoms with Crippen LogP contribution in [0.1, 0.15) is 18.1 Å². The average molecular weight is 447 g/mol. The SMILES string of the molecule is Cc1cc(=O)oc2cc(OCC(=O)N[C@@H](C)C(=O)NCCc3c[nH]c4ccccc34)ccc12. The average Bonchev–Trinajstić information content (AvgIpc) is 3.20. The quantitative estimate of drug-likeness (QED) is 0.360. The van der Waals surface area contributed by atoms with Crippen LogP contribution in [0.25, 0.3) is 21.9 Å². The van der Waals surface area contributed by atoms with E-state index in [1.54, 1.807) is 25.1 Å². The fourth-order valence-corrected chi connectivity index (χ4v) is 3.70. The summed E-state index contributed by atoms with van der Waals surface area (Å²) in [6, 6.07) is 13.7. The maximum atomic E-state index is 12.3. The standard InChI is InChI=1S/C25H25N3O5/c1-15-11-24(30)33-22-12-18(7-8-19(15)22)32-14-23(29)28-16(2)25(31)26-10-9-17-13-27-21-6-4-3-5-20(17)21/h3-8,11-13,16,27H,9-10,14H2,1-2H3,(H,26,31)(H,28,29)/t16-/m0/s1. The van der Waals surface area contributed by atoms with Gasteiger partial charge in [-0.1, -0.05) is 18.2 Å². The molecule has 33 heavy (non-hydrogen) atoms. The van der Waals surface area contributed by atoms with Crippen LogP contribution in [-0.4, -0.2) is 36.0 Å². The molecule has 8 heteroatoms. The molecule has 4 rings (SSSR count). The van der Waals surface area contributed by atoms with Gasteiger partial charge in [0.2, 0.25) is 5.91 Å². The third kappa shape index (κ3) is 5.23. The van der Waals surface area contributed by atoms with Gasteiger partial charge in [-0.15, -0.1) is 0 Å². The summed E-state index contributed by atoms with van der Waals surface area (Å²) in [7, 11) is 0. The van der Waals surface area contributed by atoms with Crippen molar-refractivity contribution in [2.75, 3.05) is 13.2 Å². The van der Waals surface area contributed by atoms with E-state index in [4.69, 9.17) is 9.15 Å². The van der Waals surface area contributed by atoms with Crippen molar-refractivity contribution in [3.63, 3.8) is 0 Å². The molecule has 3 N–H and O–H groups in total. The molecule has 2 amide bonds. The molecule has 0 aliphatic rings. The second-order valence-corrected chi connectivity index (χ2v) is 7.88. The molecule has 0 aliphatic heterocycles. The first-order valence-electron chi connectivity index (χ1n) is 10.7. The van der Waals surface area contributed by atoms with Crippen LogP contribution in [0.5, 0.6) is 5.75 Å². The number of amides is 2. The second-order valence-electron chi connectivity index (χ2n) is 7.88. The van der Waals surface area contributed by atoms with Crippen LogP contribution in [0.2, 0.25) is 0 Å². The minimum absolute atomic E-state index is 0.269. The lowest BCUT2D eigenvalue weighted by molar-refractivity contribution is -0.129. The smallest absolute Gasteiger partial charge is 0.336 e. The van der Waals surface area contributed by atoms with Crippen molar-refractivity contribution in [3.05, 3.63) is 76.3 Å². The zero-order chi connectivity index (χ0) is 23.4. The third-order valence-corrected chi connectivity index (χ3v) is 5.43. The van der Waals surface area contributed by atoms with Gasteiger partial charge in [0.15, 0.2) is 6.61 Å². The highest BCUT2D eigenvalue weighted by molar-refractivity contribution is 5.88. The molecule has 2 aromatic heterocycles. The van der Waals surface area contributed by atoms with Gasteiger partial charge in [0, 0.05) is 41.2 Å². The number of rotatable bonds is 8. The third-order valence-electron chi connectivity index (χ3n) is 5.43. The number of aromatic nitrogens is 1. The topological polar surface area (TPSA) is 113 Å². The maximum absolute atomic E-state index is 12.3. The van der Waals surface area contributed by atoms with E-state index >= 15 is 0 Å². The van der Waals surface area contributed by atoms with Crippen LogP contribution >= 0.6 is 0 Å². The molecule has 2 aromatic carbocycles. The molecule has 0 unspecified atom stereocenters. The van der Waals surface area contributed by atoms with Crippen LogP contribution in [0.15, 0.2) is 63.9 Å². The number of hydrogen-bond donors (Lipinski definition) is 3. The molecule has 0 bridgehead atoms. The van der Waals surface area contributed by atoms with Crippen molar-refractivity contribution in [2.24, 2.45) is 0 Å². The van der Waals surface area contributed by atoms with Gasteiger partial charge in [0.1, 0.15) is 17.4 Å². The molecule has 8 nitrogen and oxygen atoms in total. The summed E-state index contributed by atoms with van der Waals surface area (Å²) >= 11 is 0. The Morgan fingerprint density at radius 2 is 1.94 bits per heavy atom. The Bertz CT molecular complexity index is 1370. The predicted octanol–water partition coefficient (Wildman–Crippen LogP) is 2.83. The summed E-state index contributed by atoms with van der Waals surface area (Å²) in [5.41, 5.74) is 2.93. The number of ether oxygens (including phenoxy) is 1. The molecular formula is C25H25N3O5. The number of aryl methyl sites for hydroxylation is 1. The molecule has 4 aromatic rings. The molecule has 0 saturated heterocycles. The number of H-pyrrole nitrogens is 1. The van der Waals surface area contributed by atoms with E-state index in [2.05, 4.69) is 15.6 Å². The Morgan fingerprint density at radius 1 is 1.12 bits per heavy atom. The Labute approximate surface area is 189 Å². The van der Waals surface area contributed by atoms with Gasteiger partial charge in [-0.25, -0.2) is 4.79 Å². The first-order chi connectivity index (χ1) is 15.9. The van der Waals surface area contributed by atoms with E-state index in [0.29, 0.717) is 24.3 Å². The second kappa shape index (κ2) is 9.60. The number of aromatic amines is 1. The van der Waals surface area contributed by atoms with E-state index in [-0.39, 0.29) is 12.5 Å². The van der Waals surface area contributed by atoms with Crippen LogP contribution in [-0.2, 0) is 16.0 Å². The van der Waals surface area contributed by atoms with Gasteiger partial charge >= 0.3 is 5.63 Å². The van der Waals surface area contributed by atoms with Gasteiger partial charge in [0.05, 0.1) is 0 Å². The Balaban J connectivity index is 1.24. The van der Waals surface area contributed by atoms with E-state index in [9.17, 15) is 14.4 Å². The monoisotopic (exact) mass is 447 g/mol. The summed E-state index contributed by atoms with van der Waals surface area (Å²) < 4.78 is 10.7. The molecule has 0 radical (unpaired) electrons. The lowest BCUT2D eigenvalue weighted by atomic mass is 10.1. The Kier molecular flexibility index (Phi) is 6.44. The summed E-state index contributed by atoms with van der Waals surface area (Å²) in [5.74, 6) is -0.312. The fourth-order valence-electron chi connectivity index (χ4n) is 3.70. The number of carbonyl (C=O) groups is 2.